The van der Waals surface area contributed by atoms with Gasteiger partial charge < -0.3 is 29.6 Å². The molecule has 0 atom stereocenters. The van der Waals surface area contributed by atoms with Crippen LogP contribution in [-0.2, 0) is 37.4 Å². The van der Waals surface area contributed by atoms with Crippen LogP contribution in [0.15, 0.2) is 155 Å². The fraction of sp³-hybridized carbons (Fsp3) is 0.250. The number of anilines is 2. The van der Waals surface area contributed by atoms with Crippen LogP contribution >= 0.6 is 12.0 Å². The Morgan fingerprint density at radius 3 is 1.59 bits per heavy atom. The highest BCUT2D eigenvalue weighted by molar-refractivity contribution is 7.94. The van der Waals surface area contributed by atoms with Gasteiger partial charge in [0.2, 0.25) is 5.91 Å². The number of hydrogen-bond acceptors (Lipinski definition) is 13. The van der Waals surface area contributed by atoms with Gasteiger partial charge in [-0.3, -0.25) is 14.4 Å². The number of ether oxygens (including phenoxy) is 4. The Morgan fingerprint density at radius 2 is 1.06 bits per heavy atom. The summed E-state index contributed by atoms with van der Waals surface area (Å²) in [6.07, 6.45) is 7.36. The van der Waals surface area contributed by atoms with E-state index in [-0.39, 0.29) is 22.9 Å². The van der Waals surface area contributed by atoms with Gasteiger partial charge in [-0.2, -0.15) is 5.90 Å². The number of rotatable bonds is 25. The van der Waals surface area contributed by atoms with Crippen LogP contribution in [-0.4, -0.2) is 40.4 Å². The minimum absolute atomic E-state index is 0.0771. The van der Waals surface area contributed by atoms with Crippen molar-refractivity contribution >= 4 is 51.2 Å². The van der Waals surface area contributed by atoms with E-state index >= 15 is 0 Å². The molecule has 69 heavy (non-hydrogen) atoms. The molecule has 0 fully saturated rings. The van der Waals surface area contributed by atoms with Crippen LogP contribution in [0.4, 0.5) is 11.4 Å². The van der Waals surface area contributed by atoms with Gasteiger partial charge in [0.15, 0.2) is 0 Å². The molecule has 15 nitrogen and oxygen atoms in total. The number of nitrogens with two attached hydrogens (primary N) is 1. The molecule has 0 aliphatic heterocycles. The van der Waals surface area contributed by atoms with Crippen molar-refractivity contribution in [3.8, 4) is 23.0 Å². The zero-order valence-corrected chi connectivity index (χ0v) is 40.4. The van der Waals surface area contributed by atoms with Gasteiger partial charge in [0.05, 0.1) is 42.5 Å². The van der Waals surface area contributed by atoms with Crippen LogP contribution in [0.2, 0.25) is 0 Å². The summed E-state index contributed by atoms with van der Waals surface area (Å²) < 4.78 is 54.7. The van der Waals surface area contributed by atoms with Crippen molar-refractivity contribution in [2.75, 3.05) is 24.9 Å². The minimum atomic E-state index is -4.17. The number of amides is 3. The Hall–Kier alpha value is -6.89. The lowest BCUT2D eigenvalue weighted by Gasteiger charge is -2.13. The van der Waals surface area contributed by atoms with Crippen molar-refractivity contribution in [1.29, 1.82) is 0 Å². The van der Waals surface area contributed by atoms with E-state index in [0.717, 1.165) is 53.9 Å². The smallest absolute Gasteiger partial charge is 0.266 e. The molecule has 0 saturated carbocycles. The summed E-state index contributed by atoms with van der Waals surface area (Å²) in [5.74, 6) is 6.14. The van der Waals surface area contributed by atoms with Gasteiger partial charge in [0.25, 0.3) is 21.8 Å². The second-order valence-electron chi connectivity index (χ2n) is 15.4. The normalized spacial score (nSPS) is 10.8. The lowest BCUT2D eigenvalue weighted by atomic mass is 10.1. The van der Waals surface area contributed by atoms with E-state index in [1.165, 1.54) is 31.4 Å². The van der Waals surface area contributed by atoms with Crippen molar-refractivity contribution in [3.63, 3.8) is 0 Å². The number of para-hydroxylation sites is 2. The maximum absolute atomic E-state index is 13.0. The topological polar surface area (TPSA) is 203 Å². The summed E-state index contributed by atoms with van der Waals surface area (Å²) in [6.45, 7) is 2.84. The number of carbonyl (C=O) groups is 3. The van der Waals surface area contributed by atoms with Gasteiger partial charge in [-0.25, -0.2) is 13.1 Å². The molecule has 0 aromatic heterocycles. The van der Waals surface area contributed by atoms with Gasteiger partial charge in [0.1, 0.15) is 41.1 Å². The molecule has 3 amide bonds. The number of carbonyl (C=O) groups excluding carboxylic acids is 3. The predicted molar refractivity (Wildman–Crippen MR) is 266 cm³/mol. The number of unbranched alkanes of at least 4 members (excludes halogenated alkanes) is 6. The number of hydrogen-bond donors (Lipinski definition) is 4. The van der Waals surface area contributed by atoms with E-state index in [2.05, 4.69) is 31.6 Å². The van der Waals surface area contributed by atoms with Crippen LogP contribution in [0.3, 0.4) is 0 Å². The Labute approximate surface area is 408 Å². The highest BCUT2D eigenvalue weighted by atomic mass is 32.2. The molecule has 0 heterocycles. The summed E-state index contributed by atoms with van der Waals surface area (Å²) in [4.78, 5) is 42.6. The van der Waals surface area contributed by atoms with Crippen LogP contribution in [0.5, 0.6) is 23.0 Å². The second kappa shape index (κ2) is 28.4. The van der Waals surface area contributed by atoms with Crippen molar-refractivity contribution in [1.82, 2.24) is 4.72 Å². The van der Waals surface area contributed by atoms with E-state index < -0.39 is 21.8 Å². The fourth-order valence-electron chi connectivity index (χ4n) is 6.62. The lowest BCUT2D eigenvalue weighted by molar-refractivity contribution is -0.195. The molecule has 5 N–H and O–H groups in total. The number of sulfonamides is 1. The molecular formula is C52H58N4O11S2. The van der Waals surface area contributed by atoms with Gasteiger partial charge in [-0.1, -0.05) is 106 Å². The Bertz CT molecular complexity index is 2670. The number of methoxy groups -OCH3 is 2. The van der Waals surface area contributed by atoms with Gasteiger partial charge in [-0.15, -0.1) is 9.32 Å². The van der Waals surface area contributed by atoms with E-state index in [1.807, 2.05) is 54.6 Å². The molecule has 6 aromatic rings. The van der Waals surface area contributed by atoms with Crippen molar-refractivity contribution in [3.05, 3.63) is 168 Å². The van der Waals surface area contributed by atoms with E-state index in [0.29, 0.717) is 52.8 Å². The number of benzene rings is 6. The first-order valence-electron chi connectivity index (χ1n) is 22.3. The molecule has 6 aromatic carbocycles. The van der Waals surface area contributed by atoms with E-state index in [4.69, 9.17) is 24.8 Å². The van der Waals surface area contributed by atoms with Gasteiger partial charge in [-0.05, 0) is 102 Å². The molecule has 0 bridgehead atoms. The highest BCUT2D eigenvalue weighted by Crippen LogP contribution is 2.29. The minimum Gasteiger partial charge on any atom is -0.497 e. The van der Waals surface area contributed by atoms with Crippen molar-refractivity contribution in [2.24, 2.45) is 5.90 Å². The fourth-order valence-corrected chi connectivity index (χ4v) is 8.26. The largest absolute Gasteiger partial charge is 0.497 e. The standard InChI is InChI=1S/C31H38N2O6S.C21H20N2O5S/c1-3-4-5-6-7-8-9-17-30(34)33-40(36,37)29-16-11-10-15-28(29)32-31(35)25-13-12-14-27(22-25)39-23-24-18-20-26(38-2)21-19-24;1-25-17-11-9-15(10-12-17)14-26-18-6-4-5-16(13-18)21(24)23-19-7-2-3-8-20(19)29-28-27-22/h10-16,18-22H,3-9,17,23H2,1-2H3,(H,32,35)(H,33,34);2-13H,14,22H2,1H3,(H,23,24). The average molecular weight is 979 g/mol. The maximum atomic E-state index is 13.0. The zero-order valence-electron chi connectivity index (χ0n) is 38.8. The summed E-state index contributed by atoms with van der Waals surface area (Å²) >= 11 is 0.900. The first kappa shape index (κ1) is 53.1. The predicted octanol–water partition coefficient (Wildman–Crippen LogP) is 10.8. The molecule has 0 saturated heterocycles. The molecular weight excluding hydrogens is 921 g/mol. The van der Waals surface area contributed by atoms with E-state index in [9.17, 15) is 22.8 Å². The van der Waals surface area contributed by atoms with E-state index in [1.54, 1.807) is 93.1 Å². The van der Waals surface area contributed by atoms with Crippen LogP contribution < -0.4 is 40.2 Å². The average Bonchev–Trinajstić information content (AvgIpc) is 3.37. The Balaban J connectivity index is 0.000000270. The first-order chi connectivity index (χ1) is 33.5. The summed E-state index contributed by atoms with van der Waals surface area (Å²) in [5.41, 5.74) is 3.34. The summed E-state index contributed by atoms with van der Waals surface area (Å²) in [5, 5.41) is 5.50. The van der Waals surface area contributed by atoms with Crippen LogP contribution in [0.25, 0.3) is 0 Å². The molecule has 364 valence electrons. The molecule has 0 spiro atoms. The SMILES string of the molecule is CCCCCCCCCC(=O)NS(=O)(=O)c1ccccc1NC(=O)c1cccc(OCc2ccc(OC)cc2)c1.COc1ccc(COc2cccc(C(=O)Nc3ccccc3SOON)c2)cc1. The number of nitrogens with one attached hydrogen (secondary N) is 3. The quantitative estimate of drug-likeness (QED) is 0.0183. The summed E-state index contributed by atoms with van der Waals surface area (Å²) in [7, 11) is -0.949. The van der Waals surface area contributed by atoms with Crippen molar-refractivity contribution in [2.45, 2.75) is 81.3 Å². The van der Waals surface area contributed by atoms with Crippen molar-refractivity contribution < 1.29 is 51.1 Å². The molecule has 0 unspecified atom stereocenters. The maximum Gasteiger partial charge on any atom is 0.266 e. The Morgan fingerprint density at radius 1 is 0.565 bits per heavy atom. The second-order valence-corrected chi connectivity index (χ2v) is 17.8. The Kier molecular flexibility index (Phi) is 21.9. The monoisotopic (exact) mass is 978 g/mol. The first-order valence-corrected chi connectivity index (χ1v) is 24.5. The highest BCUT2D eigenvalue weighted by Gasteiger charge is 2.22. The third-order valence-electron chi connectivity index (χ3n) is 10.3. The van der Waals surface area contributed by atoms with Gasteiger partial charge >= 0.3 is 0 Å². The van der Waals surface area contributed by atoms with Crippen LogP contribution in [0, 0.1) is 0 Å². The summed E-state index contributed by atoms with van der Waals surface area (Å²) in [6, 6.07) is 41.8. The molecule has 0 aliphatic rings. The van der Waals surface area contributed by atoms with Gasteiger partial charge in [0, 0.05) is 17.5 Å². The van der Waals surface area contributed by atoms with Crippen LogP contribution in [0.1, 0.15) is 90.1 Å². The molecule has 17 heteroatoms. The third-order valence-corrected chi connectivity index (χ3v) is 12.4. The molecule has 0 radical (unpaired) electrons. The zero-order chi connectivity index (χ0) is 49.3. The molecule has 0 aliphatic carbocycles. The molecule has 6 rings (SSSR count). The lowest BCUT2D eigenvalue weighted by Crippen LogP contribution is -2.31. The third kappa shape index (κ3) is 17.9.